The molecule has 0 saturated heterocycles. The highest BCUT2D eigenvalue weighted by Gasteiger charge is 2.21. The van der Waals surface area contributed by atoms with Gasteiger partial charge in [-0.25, -0.2) is 4.39 Å². The molecule has 0 amide bonds. The molecule has 1 fully saturated rings. The van der Waals surface area contributed by atoms with Gasteiger partial charge in [0.1, 0.15) is 5.82 Å². The molecule has 1 aromatic heterocycles. The predicted molar refractivity (Wildman–Crippen MR) is 82.6 cm³/mol. The normalized spacial score (nSPS) is 16.6. The Labute approximate surface area is 127 Å². The number of benzene rings is 1. The van der Waals surface area contributed by atoms with Crippen molar-refractivity contribution in [1.82, 2.24) is 14.9 Å². The SMILES string of the molecule is Fc1ccc(/C=N/n2c(C3CCCCC3)n[nH]c2=S)cc1. The summed E-state index contributed by atoms with van der Waals surface area (Å²) in [5, 5.41) is 11.6. The van der Waals surface area contributed by atoms with Crippen LogP contribution in [0.15, 0.2) is 29.4 Å². The highest BCUT2D eigenvalue weighted by Crippen LogP contribution is 2.31. The standard InChI is InChI=1S/C15H17FN4S/c16-13-8-6-11(7-9-13)10-17-20-14(18-19-15(20)21)12-4-2-1-3-5-12/h6-10,12H,1-5H2,(H,19,21)/b17-10+. The van der Waals surface area contributed by atoms with Gasteiger partial charge in [0.05, 0.1) is 6.21 Å². The molecule has 1 heterocycles. The minimum Gasteiger partial charge on any atom is -0.250 e. The van der Waals surface area contributed by atoms with E-state index in [1.54, 1.807) is 23.0 Å². The quantitative estimate of drug-likeness (QED) is 0.688. The lowest BCUT2D eigenvalue weighted by molar-refractivity contribution is 0.419. The molecule has 110 valence electrons. The molecule has 6 heteroatoms. The van der Waals surface area contributed by atoms with Crippen molar-refractivity contribution in [2.75, 3.05) is 0 Å². The average Bonchev–Trinajstić information content (AvgIpc) is 2.89. The Hall–Kier alpha value is -1.82. The van der Waals surface area contributed by atoms with E-state index in [0.717, 1.165) is 24.2 Å². The van der Waals surface area contributed by atoms with Gasteiger partial charge in [-0.2, -0.15) is 14.9 Å². The van der Waals surface area contributed by atoms with Gasteiger partial charge in [0.2, 0.25) is 4.77 Å². The highest BCUT2D eigenvalue weighted by atomic mass is 32.1. The van der Waals surface area contributed by atoms with Crippen molar-refractivity contribution in [3.05, 3.63) is 46.2 Å². The zero-order chi connectivity index (χ0) is 14.7. The summed E-state index contributed by atoms with van der Waals surface area (Å²) in [5.41, 5.74) is 0.828. The number of nitrogens with one attached hydrogen (secondary N) is 1. The second kappa shape index (κ2) is 6.30. The van der Waals surface area contributed by atoms with Crippen LogP contribution >= 0.6 is 12.2 Å². The topological polar surface area (TPSA) is 46.0 Å². The summed E-state index contributed by atoms with van der Waals surface area (Å²) in [6.45, 7) is 0. The van der Waals surface area contributed by atoms with Crippen LogP contribution < -0.4 is 0 Å². The fourth-order valence-electron chi connectivity index (χ4n) is 2.71. The van der Waals surface area contributed by atoms with Crippen LogP contribution in [0.1, 0.15) is 49.4 Å². The number of aromatic nitrogens is 3. The lowest BCUT2D eigenvalue weighted by Gasteiger charge is -2.19. The maximum Gasteiger partial charge on any atom is 0.216 e. The molecular weight excluding hydrogens is 287 g/mol. The molecule has 0 aliphatic heterocycles. The van der Waals surface area contributed by atoms with Crippen molar-refractivity contribution in [2.45, 2.75) is 38.0 Å². The maximum absolute atomic E-state index is 12.9. The summed E-state index contributed by atoms with van der Waals surface area (Å²) < 4.78 is 15.1. The van der Waals surface area contributed by atoms with Gasteiger partial charge in [0.25, 0.3) is 0 Å². The molecule has 4 nitrogen and oxygen atoms in total. The molecule has 1 aromatic carbocycles. The monoisotopic (exact) mass is 304 g/mol. The van der Waals surface area contributed by atoms with E-state index >= 15 is 0 Å². The minimum atomic E-state index is -0.255. The zero-order valence-electron chi connectivity index (χ0n) is 11.6. The molecule has 21 heavy (non-hydrogen) atoms. The number of halogens is 1. The molecule has 1 aliphatic carbocycles. The summed E-state index contributed by atoms with van der Waals surface area (Å²) >= 11 is 5.25. The van der Waals surface area contributed by atoms with Crippen LogP contribution in [0.2, 0.25) is 0 Å². The van der Waals surface area contributed by atoms with Crippen LogP contribution in [0.25, 0.3) is 0 Å². The Morgan fingerprint density at radius 3 is 2.67 bits per heavy atom. The molecule has 1 N–H and O–H groups in total. The van der Waals surface area contributed by atoms with Gasteiger partial charge in [0, 0.05) is 5.92 Å². The van der Waals surface area contributed by atoms with Crippen molar-refractivity contribution in [3.8, 4) is 0 Å². The average molecular weight is 304 g/mol. The van der Waals surface area contributed by atoms with Crippen LogP contribution in [-0.4, -0.2) is 21.1 Å². The van der Waals surface area contributed by atoms with Gasteiger partial charge in [-0.15, -0.1) is 0 Å². The van der Waals surface area contributed by atoms with Gasteiger partial charge in [-0.05, 0) is 42.8 Å². The van der Waals surface area contributed by atoms with Gasteiger partial charge < -0.3 is 0 Å². The number of hydrogen-bond donors (Lipinski definition) is 1. The van der Waals surface area contributed by atoms with Crippen molar-refractivity contribution >= 4 is 18.4 Å². The van der Waals surface area contributed by atoms with Crippen molar-refractivity contribution in [3.63, 3.8) is 0 Å². The van der Waals surface area contributed by atoms with E-state index in [9.17, 15) is 4.39 Å². The lowest BCUT2D eigenvalue weighted by Crippen LogP contribution is -2.10. The first-order chi connectivity index (χ1) is 10.2. The molecule has 3 rings (SSSR count). The number of H-pyrrole nitrogens is 1. The molecule has 0 atom stereocenters. The van der Waals surface area contributed by atoms with Crippen molar-refractivity contribution in [2.24, 2.45) is 5.10 Å². The third-order valence-corrected chi connectivity index (χ3v) is 4.10. The second-order valence-corrected chi connectivity index (χ2v) is 5.72. The predicted octanol–water partition coefficient (Wildman–Crippen LogP) is 4.01. The second-order valence-electron chi connectivity index (χ2n) is 5.33. The largest absolute Gasteiger partial charge is 0.250 e. The number of hydrogen-bond acceptors (Lipinski definition) is 3. The first kappa shape index (κ1) is 14.1. The van der Waals surface area contributed by atoms with E-state index in [2.05, 4.69) is 15.3 Å². The Balaban J connectivity index is 1.86. The third kappa shape index (κ3) is 3.26. The zero-order valence-corrected chi connectivity index (χ0v) is 12.4. The van der Waals surface area contributed by atoms with E-state index in [4.69, 9.17) is 12.2 Å². The highest BCUT2D eigenvalue weighted by molar-refractivity contribution is 7.71. The van der Waals surface area contributed by atoms with E-state index in [1.165, 1.54) is 31.4 Å². The van der Waals surface area contributed by atoms with Crippen LogP contribution in [-0.2, 0) is 0 Å². The maximum atomic E-state index is 12.9. The van der Waals surface area contributed by atoms with Gasteiger partial charge in [-0.3, -0.25) is 5.10 Å². The lowest BCUT2D eigenvalue weighted by atomic mass is 9.89. The van der Waals surface area contributed by atoms with E-state index in [1.807, 2.05) is 0 Å². The minimum absolute atomic E-state index is 0.255. The first-order valence-electron chi connectivity index (χ1n) is 7.21. The van der Waals surface area contributed by atoms with Gasteiger partial charge in [-0.1, -0.05) is 31.4 Å². The molecule has 0 bridgehead atoms. The molecular formula is C15H17FN4S. The smallest absolute Gasteiger partial charge is 0.216 e. The summed E-state index contributed by atoms with van der Waals surface area (Å²) in [6.07, 6.45) is 7.69. The van der Waals surface area contributed by atoms with E-state index in [0.29, 0.717) is 10.7 Å². The molecule has 1 saturated carbocycles. The van der Waals surface area contributed by atoms with E-state index < -0.39 is 0 Å². The number of rotatable bonds is 3. The molecule has 0 radical (unpaired) electrons. The summed E-state index contributed by atoms with van der Waals surface area (Å²) in [7, 11) is 0. The van der Waals surface area contributed by atoms with Crippen LogP contribution in [0.3, 0.4) is 0 Å². The first-order valence-corrected chi connectivity index (χ1v) is 7.62. The Kier molecular flexibility index (Phi) is 4.24. The molecule has 1 aliphatic rings. The van der Waals surface area contributed by atoms with Crippen LogP contribution in [0.5, 0.6) is 0 Å². The van der Waals surface area contributed by atoms with Gasteiger partial charge >= 0.3 is 0 Å². The fourth-order valence-corrected chi connectivity index (χ4v) is 2.90. The Morgan fingerprint density at radius 1 is 1.24 bits per heavy atom. The van der Waals surface area contributed by atoms with Crippen LogP contribution in [0, 0.1) is 10.6 Å². The molecule has 0 spiro atoms. The molecule has 2 aromatic rings. The van der Waals surface area contributed by atoms with Crippen molar-refractivity contribution in [1.29, 1.82) is 0 Å². The van der Waals surface area contributed by atoms with E-state index in [-0.39, 0.29) is 5.82 Å². The Bertz CT molecular complexity index is 680. The summed E-state index contributed by atoms with van der Waals surface area (Å²) in [5.74, 6) is 1.06. The summed E-state index contributed by atoms with van der Waals surface area (Å²) in [6, 6.07) is 6.20. The van der Waals surface area contributed by atoms with Crippen molar-refractivity contribution < 1.29 is 4.39 Å². The van der Waals surface area contributed by atoms with Crippen LogP contribution in [0.4, 0.5) is 4.39 Å². The molecule has 0 unspecified atom stereocenters. The third-order valence-electron chi connectivity index (χ3n) is 3.84. The van der Waals surface area contributed by atoms with Gasteiger partial charge in [0.15, 0.2) is 5.82 Å². The number of nitrogens with zero attached hydrogens (tertiary/aromatic N) is 3. The fraction of sp³-hybridized carbons (Fsp3) is 0.400. The number of aromatic amines is 1. The summed E-state index contributed by atoms with van der Waals surface area (Å²) in [4.78, 5) is 0. The Morgan fingerprint density at radius 2 is 1.95 bits per heavy atom.